The highest BCUT2D eigenvalue weighted by Gasteiger charge is 2.27. The SMILES string of the molecule is CC(C)(C)OC(=O)NC1CCN(C(=O)CCc2ccc(S(=O)(=O)N3CCCCC3)cc2)CC1. The lowest BCUT2D eigenvalue weighted by Gasteiger charge is -2.33. The highest BCUT2D eigenvalue weighted by Crippen LogP contribution is 2.21. The van der Waals surface area contributed by atoms with Crippen LogP contribution in [-0.2, 0) is 26.0 Å². The van der Waals surface area contributed by atoms with Gasteiger partial charge in [-0.1, -0.05) is 18.6 Å². The zero-order valence-corrected chi connectivity index (χ0v) is 20.8. The summed E-state index contributed by atoms with van der Waals surface area (Å²) in [4.78, 5) is 26.7. The summed E-state index contributed by atoms with van der Waals surface area (Å²) in [7, 11) is -3.43. The van der Waals surface area contributed by atoms with E-state index in [1.165, 1.54) is 0 Å². The maximum atomic E-state index is 12.8. The van der Waals surface area contributed by atoms with E-state index in [4.69, 9.17) is 4.74 Å². The Morgan fingerprint density at radius 3 is 2.18 bits per heavy atom. The van der Waals surface area contributed by atoms with Crippen LogP contribution in [0.4, 0.5) is 4.79 Å². The van der Waals surface area contributed by atoms with E-state index < -0.39 is 21.7 Å². The first-order valence-electron chi connectivity index (χ1n) is 11.9. The molecule has 184 valence electrons. The van der Waals surface area contributed by atoms with Gasteiger partial charge in [-0.25, -0.2) is 13.2 Å². The summed E-state index contributed by atoms with van der Waals surface area (Å²) >= 11 is 0. The van der Waals surface area contributed by atoms with E-state index in [0.29, 0.717) is 56.8 Å². The number of hydrogen-bond acceptors (Lipinski definition) is 5. The highest BCUT2D eigenvalue weighted by molar-refractivity contribution is 7.89. The molecule has 3 rings (SSSR count). The Labute approximate surface area is 197 Å². The molecule has 0 radical (unpaired) electrons. The van der Waals surface area contributed by atoms with E-state index in [0.717, 1.165) is 24.8 Å². The predicted octanol–water partition coefficient (Wildman–Crippen LogP) is 3.31. The minimum Gasteiger partial charge on any atom is -0.444 e. The smallest absolute Gasteiger partial charge is 0.407 e. The Hall–Kier alpha value is -2.13. The molecule has 2 aliphatic rings. The molecule has 2 amide bonds. The van der Waals surface area contributed by atoms with Crippen molar-refractivity contribution in [1.82, 2.24) is 14.5 Å². The molecule has 2 heterocycles. The van der Waals surface area contributed by atoms with Crippen LogP contribution in [0.15, 0.2) is 29.2 Å². The fourth-order valence-electron chi connectivity index (χ4n) is 4.24. The summed E-state index contributed by atoms with van der Waals surface area (Å²) in [5.41, 5.74) is 0.416. The average Bonchev–Trinajstić information content (AvgIpc) is 2.77. The lowest BCUT2D eigenvalue weighted by Crippen LogP contribution is -2.47. The van der Waals surface area contributed by atoms with Crippen molar-refractivity contribution in [2.45, 2.75) is 82.3 Å². The zero-order chi connectivity index (χ0) is 24.1. The van der Waals surface area contributed by atoms with Gasteiger partial charge in [0, 0.05) is 38.6 Å². The van der Waals surface area contributed by atoms with Crippen molar-refractivity contribution in [3.63, 3.8) is 0 Å². The molecule has 0 aromatic heterocycles. The normalized spacial score (nSPS) is 18.7. The van der Waals surface area contributed by atoms with E-state index in [2.05, 4.69) is 5.32 Å². The van der Waals surface area contributed by atoms with Crippen LogP contribution in [0.2, 0.25) is 0 Å². The van der Waals surface area contributed by atoms with E-state index in [1.807, 2.05) is 25.7 Å². The molecule has 1 N–H and O–H groups in total. The van der Waals surface area contributed by atoms with E-state index >= 15 is 0 Å². The standard InChI is InChI=1S/C24H37N3O5S/c1-24(2,3)32-23(29)25-20-13-17-26(18-14-20)22(28)12-9-19-7-10-21(11-8-19)33(30,31)27-15-5-4-6-16-27/h7-8,10-11,20H,4-6,9,12-18H2,1-3H3,(H,25,29). The van der Waals surface area contributed by atoms with Gasteiger partial charge in [-0.3, -0.25) is 4.79 Å². The molecule has 33 heavy (non-hydrogen) atoms. The summed E-state index contributed by atoms with van der Waals surface area (Å²) in [6.45, 7) is 7.86. The third-order valence-electron chi connectivity index (χ3n) is 6.07. The number of carbonyl (C=O) groups is 2. The van der Waals surface area contributed by atoms with Crippen LogP contribution in [-0.4, -0.2) is 67.4 Å². The minimum absolute atomic E-state index is 0.0123. The maximum Gasteiger partial charge on any atom is 0.407 e. The highest BCUT2D eigenvalue weighted by atomic mass is 32.2. The Morgan fingerprint density at radius 1 is 1.00 bits per heavy atom. The molecule has 8 nitrogen and oxygen atoms in total. The number of ether oxygens (including phenoxy) is 1. The maximum absolute atomic E-state index is 12.8. The molecular weight excluding hydrogens is 442 g/mol. The zero-order valence-electron chi connectivity index (χ0n) is 20.0. The summed E-state index contributed by atoms with van der Waals surface area (Å²) in [5, 5.41) is 2.88. The second kappa shape index (κ2) is 10.9. The number of nitrogens with zero attached hydrogens (tertiary/aromatic N) is 2. The van der Waals surface area contributed by atoms with Crippen LogP contribution in [0.5, 0.6) is 0 Å². The lowest BCUT2D eigenvalue weighted by molar-refractivity contribution is -0.132. The second-order valence-electron chi connectivity index (χ2n) is 9.91. The predicted molar refractivity (Wildman–Crippen MR) is 126 cm³/mol. The number of carbonyl (C=O) groups excluding carboxylic acids is 2. The number of rotatable bonds is 6. The van der Waals surface area contributed by atoms with Crippen LogP contribution in [0.25, 0.3) is 0 Å². The van der Waals surface area contributed by atoms with Gasteiger partial charge < -0.3 is 15.0 Å². The molecule has 2 saturated heterocycles. The Morgan fingerprint density at radius 2 is 1.61 bits per heavy atom. The van der Waals surface area contributed by atoms with Crippen LogP contribution in [0.3, 0.4) is 0 Å². The fourth-order valence-corrected chi connectivity index (χ4v) is 5.76. The molecular formula is C24H37N3O5S. The Balaban J connectivity index is 1.43. The molecule has 0 atom stereocenters. The summed E-state index contributed by atoms with van der Waals surface area (Å²) < 4.78 is 32.4. The first-order valence-corrected chi connectivity index (χ1v) is 13.3. The van der Waals surface area contributed by atoms with E-state index in [-0.39, 0.29) is 11.9 Å². The minimum atomic E-state index is -3.43. The fraction of sp³-hybridized carbons (Fsp3) is 0.667. The molecule has 0 bridgehead atoms. The monoisotopic (exact) mass is 479 g/mol. The van der Waals surface area contributed by atoms with Gasteiger partial charge in [0.25, 0.3) is 0 Å². The number of amides is 2. The van der Waals surface area contributed by atoms with Crippen molar-refractivity contribution in [3.05, 3.63) is 29.8 Å². The topological polar surface area (TPSA) is 96.0 Å². The number of alkyl carbamates (subject to hydrolysis) is 1. The van der Waals surface area contributed by atoms with Gasteiger partial charge in [0.05, 0.1) is 4.90 Å². The third kappa shape index (κ3) is 7.43. The number of hydrogen-bond donors (Lipinski definition) is 1. The first-order chi connectivity index (χ1) is 15.5. The van der Waals surface area contributed by atoms with Crippen LogP contribution in [0, 0.1) is 0 Å². The summed E-state index contributed by atoms with van der Waals surface area (Å²) in [6.07, 6.45) is 4.83. The quantitative estimate of drug-likeness (QED) is 0.675. The van der Waals surface area contributed by atoms with Gasteiger partial charge >= 0.3 is 6.09 Å². The Kier molecular flexibility index (Phi) is 8.39. The van der Waals surface area contributed by atoms with Crippen molar-refractivity contribution in [2.75, 3.05) is 26.2 Å². The van der Waals surface area contributed by atoms with Crippen molar-refractivity contribution in [1.29, 1.82) is 0 Å². The van der Waals surface area contributed by atoms with E-state index in [9.17, 15) is 18.0 Å². The number of benzene rings is 1. The molecule has 2 fully saturated rings. The number of sulfonamides is 1. The van der Waals surface area contributed by atoms with Gasteiger partial charge in [0.1, 0.15) is 5.60 Å². The number of nitrogens with one attached hydrogen (secondary N) is 1. The van der Waals surface area contributed by atoms with Gasteiger partial charge in [-0.05, 0) is 70.6 Å². The van der Waals surface area contributed by atoms with Crippen LogP contribution < -0.4 is 5.32 Å². The van der Waals surface area contributed by atoms with E-state index in [1.54, 1.807) is 28.6 Å². The average molecular weight is 480 g/mol. The molecule has 0 spiro atoms. The van der Waals surface area contributed by atoms with Crippen LogP contribution in [0.1, 0.15) is 64.9 Å². The molecule has 2 aliphatic heterocycles. The Bertz CT molecular complexity index is 910. The largest absolute Gasteiger partial charge is 0.444 e. The molecule has 9 heteroatoms. The number of piperidine rings is 2. The molecule has 1 aromatic carbocycles. The second-order valence-corrected chi connectivity index (χ2v) is 11.8. The van der Waals surface area contributed by atoms with Gasteiger partial charge in [-0.15, -0.1) is 0 Å². The molecule has 0 aliphatic carbocycles. The molecule has 0 unspecified atom stereocenters. The van der Waals surface area contributed by atoms with Crippen LogP contribution >= 0.6 is 0 Å². The van der Waals surface area contributed by atoms with Crippen molar-refractivity contribution in [3.8, 4) is 0 Å². The van der Waals surface area contributed by atoms with Gasteiger partial charge in [0.2, 0.25) is 15.9 Å². The van der Waals surface area contributed by atoms with Crippen molar-refractivity contribution >= 4 is 22.0 Å². The number of aryl methyl sites for hydroxylation is 1. The summed E-state index contributed by atoms with van der Waals surface area (Å²) in [6, 6.07) is 6.93. The van der Waals surface area contributed by atoms with Gasteiger partial charge in [0.15, 0.2) is 0 Å². The van der Waals surface area contributed by atoms with Crippen molar-refractivity contribution in [2.24, 2.45) is 0 Å². The van der Waals surface area contributed by atoms with Gasteiger partial charge in [-0.2, -0.15) is 4.31 Å². The first kappa shape index (κ1) is 25.5. The molecule has 1 aromatic rings. The summed E-state index contributed by atoms with van der Waals surface area (Å²) in [5.74, 6) is 0.0794. The van der Waals surface area contributed by atoms with Crippen molar-refractivity contribution < 1.29 is 22.7 Å². The third-order valence-corrected chi connectivity index (χ3v) is 7.99. The number of likely N-dealkylation sites (tertiary alicyclic amines) is 1. The molecule has 0 saturated carbocycles. The lowest BCUT2D eigenvalue weighted by atomic mass is 10.0.